The van der Waals surface area contributed by atoms with E-state index in [1.165, 1.54) is 0 Å². The number of nitrogens with two attached hydrogens (primary N) is 1. The third-order valence-corrected chi connectivity index (χ3v) is 3.66. The van der Waals surface area contributed by atoms with Gasteiger partial charge in [-0.15, -0.1) is 0 Å². The second-order valence-electron chi connectivity index (χ2n) is 4.92. The maximum atomic E-state index is 13.2. The molecule has 1 heterocycles. The average molecular weight is 275 g/mol. The number of aliphatic hydroxyl groups is 1. The van der Waals surface area contributed by atoms with Crippen LogP contribution in [-0.2, 0) is 4.74 Å². The lowest BCUT2D eigenvalue weighted by Gasteiger charge is -2.40. The van der Waals surface area contributed by atoms with Crippen molar-refractivity contribution in [2.45, 2.75) is 18.9 Å². The number of aliphatic hydroxyl groups excluding tert-OH is 1. The highest BCUT2D eigenvalue weighted by atomic mass is 19.2. The van der Waals surface area contributed by atoms with Crippen LogP contribution in [0.3, 0.4) is 0 Å². The summed E-state index contributed by atoms with van der Waals surface area (Å²) in [6.45, 7) is 0.903. The summed E-state index contributed by atoms with van der Waals surface area (Å²) in [6.07, 6.45) is 0.105. The van der Waals surface area contributed by atoms with Gasteiger partial charge in [-0.2, -0.15) is 0 Å². The number of hydrogen-bond acceptors (Lipinski definition) is 3. The molecule has 0 radical (unpaired) electrons. The summed E-state index contributed by atoms with van der Waals surface area (Å²) in [5.41, 5.74) is 4.88. The minimum absolute atomic E-state index is 0.0210. The van der Waals surface area contributed by atoms with E-state index in [1.54, 1.807) is 0 Å². The second kappa shape index (κ2) is 5.48. The highest BCUT2D eigenvalue weighted by Gasteiger charge is 2.40. The van der Waals surface area contributed by atoms with Gasteiger partial charge in [0.2, 0.25) is 0 Å². The van der Waals surface area contributed by atoms with Gasteiger partial charge in [0.15, 0.2) is 17.5 Å². The molecule has 1 saturated heterocycles. The molecule has 0 aliphatic carbocycles. The normalized spacial score (nSPS) is 25.3. The van der Waals surface area contributed by atoms with Crippen LogP contribution in [0.25, 0.3) is 0 Å². The zero-order valence-corrected chi connectivity index (χ0v) is 10.3. The maximum absolute atomic E-state index is 13.2. The smallest absolute Gasteiger partial charge is 0.194 e. The molecule has 0 spiro atoms. The zero-order valence-electron chi connectivity index (χ0n) is 10.3. The number of ether oxygens (including phenoxy) is 1. The van der Waals surface area contributed by atoms with Crippen LogP contribution in [0.2, 0.25) is 0 Å². The second-order valence-corrected chi connectivity index (χ2v) is 4.92. The topological polar surface area (TPSA) is 55.5 Å². The van der Waals surface area contributed by atoms with Gasteiger partial charge in [-0.3, -0.25) is 0 Å². The van der Waals surface area contributed by atoms with Crippen LogP contribution >= 0.6 is 0 Å². The first-order chi connectivity index (χ1) is 9.00. The molecular formula is C13H16F3NO2. The summed E-state index contributed by atoms with van der Waals surface area (Å²) in [5, 5.41) is 10.3. The fourth-order valence-corrected chi connectivity index (χ4v) is 2.45. The number of halogens is 3. The summed E-state index contributed by atoms with van der Waals surface area (Å²) >= 11 is 0. The van der Waals surface area contributed by atoms with E-state index in [-0.39, 0.29) is 18.7 Å². The Morgan fingerprint density at radius 1 is 1.32 bits per heavy atom. The molecule has 2 atom stereocenters. The van der Waals surface area contributed by atoms with Crippen molar-refractivity contribution in [2.24, 2.45) is 11.1 Å². The Morgan fingerprint density at radius 3 is 2.42 bits per heavy atom. The van der Waals surface area contributed by atoms with Gasteiger partial charge in [-0.25, -0.2) is 13.2 Å². The van der Waals surface area contributed by atoms with Crippen molar-refractivity contribution >= 4 is 0 Å². The predicted molar refractivity (Wildman–Crippen MR) is 62.8 cm³/mol. The highest BCUT2D eigenvalue weighted by Crippen LogP contribution is 2.40. The monoisotopic (exact) mass is 275 g/mol. The predicted octanol–water partition coefficient (Wildman–Crippen LogP) is 1.89. The van der Waals surface area contributed by atoms with Crippen molar-refractivity contribution in [3.05, 3.63) is 35.1 Å². The van der Waals surface area contributed by atoms with Crippen molar-refractivity contribution in [2.75, 3.05) is 19.8 Å². The number of hydrogen-bond donors (Lipinski definition) is 2. The van der Waals surface area contributed by atoms with Crippen LogP contribution in [0.1, 0.15) is 24.5 Å². The lowest BCUT2D eigenvalue weighted by atomic mass is 9.75. The van der Waals surface area contributed by atoms with Gasteiger partial charge in [0.1, 0.15) is 0 Å². The molecule has 0 bridgehead atoms. The summed E-state index contributed by atoms with van der Waals surface area (Å²) in [4.78, 5) is 0. The molecule has 1 aromatic rings. The maximum Gasteiger partial charge on any atom is 0.194 e. The molecule has 2 rings (SSSR count). The molecule has 6 heteroatoms. The van der Waals surface area contributed by atoms with Crippen molar-refractivity contribution in [3.63, 3.8) is 0 Å². The lowest BCUT2D eigenvalue weighted by molar-refractivity contribution is -0.0784. The van der Waals surface area contributed by atoms with Crippen molar-refractivity contribution < 1.29 is 23.0 Å². The van der Waals surface area contributed by atoms with E-state index in [0.717, 1.165) is 12.1 Å². The van der Waals surface area contributed by atoms with Crippen molar-refractivity contribution in [1.82, 2.24) is 0 Å². The van der Waals surface area contributed by atoms with Crippen LogP contribution in [0.15, 0.2) is 12.1 Å². The third-order valence-electron chi connectivity index (χ3n) is 3.66. The zero-order chi connectivity index (χ0) is 14.0. The quantitative estimate of drug-likeness (QED) is 0.828. The van der Waals surface area contributed by atoms with E-state index in [1.807, 2.05) is 0 Å². The van der Waals surface area contributed by atoms with E-state index in [9.17, 15) is 18.3 Å². The SMILES string of the molecule is NCC1(C(O)c2cc(F)c(F)c(F)c2)CCCOC1. The third kappa shape index (κ3) is 2.61. The fourth-order valence-electron chi connectivity index (χ4n) is 2.45. The van der Waals surface area contributed by atoms with Gasteiger partial charge in [0.05, 0.1) is 12.7 Å². The molecule has 2 unspecified atom stereocenters. The van der Waals surface area contributed by atoms with Crippen LogP contribution < -0.4 is 5.73 Å². The van der Waals surface area contributed by atoms with E-state index >= 15 is 0 Å². The molecule has 0 saturated carbocycles. The van der Waals surface area contributed by atoms with Gasteiger partial charge < -0.3 is 15.6 Å². The molecule has 1 aromatic carbocycles. The standard InChI is InChI=1S/C13H16F3NO2/c14-9-4-8(5-10(15)11(9)16)12(18)13(6-17)2-1-3-19-7-13/h4-5,12,18H,1-3,6-7,17H2. The van der Waals surface area contributed by atoms with Crippen molar-refractivity contribution in [1.29, 1.82) is 0 Å². The minimum atomic E-state index is -1.54. The Morgan fingerprint density at radius 2 is 1.95 bits per heavy atom. The average Bonchev–Trinajstić information content (AvgIpc) is 2.44. The summed E-state index contributed by atoms with van der Waals surface area (Å²) < 4.78 is 44.6. The largest absolute Gasteiger partial charge is 0.388 e. The minimum Gasteiger partial charge on any atom is -0.388 e. The van der Waals surface area contributed by atoms with Gasteiger partial charge in [-0.05, 0) is 30.5 Å². The highest BCUT2D eigenvalue weighted by molar-refractivity contribution is 5.23. The summed E-state index contributed by atoms with van der Waals surface area (Å²) in [6, 6.07) is 1.60. The summed E-state index contributed by atoms with van der Waals surface area (Å²) in [5.74, 6) is -4.19. The first kappa shape index (κ1) is 14.3. The van der Waals surface area contributed by atoms with E-state index in [0.29, 0.717) is 19.4 Å². The molecule has 1 aliphatic heterocycles. The Labute approximate surface area is 109 Å². The van der Waals surface area contributed by atoms with E-state index in [2.05, 4.69) is 0 Å². The van der Waals surface area contributed by atoms with Crippen LogP contribution in [-0.4, -0.2) is 24.9 Å². The van der Waals surface area contributed by atoms with Crippen LogP contribution in [0.5, 0.6) is 0 Å². The Kier molecular flexibility index (Phi) is 4.13. The molecule has 0 amide bonds. The first-order valence-corrected chi connectivity index (χ1v) is 6.10. The lowest BCUT2D eigenvalue weighted by Crippen LogP contribution is -2.43. The molecule has 3 N–H and O–H groups in total. The van der Waals surface area contributed by atoms with Gasteiger partial charge in [0, 0.05) is 18.6 Å². The Bertz CT molecular complexity index is 438. The molecule has 106 valence electrons. The van der Waals surface area contributed by atoms with E-state index in [4.69, 9.17) is 10.5 Å². The van der Waals surface area contributed by atoms with Crippen molar-refractivity contribution in [3.8, 4) is 0 Å². The van der Waals surface area contributed by atoms with Crippen LogP contribution in [0, 0.1) is 22.9 Å². The molecule has 19 heavy (non-hydrogen) atoms. The Balaban J connectivity index is 2.34. The molecule has 1 fully saturated rings. The molecule has 1 aliphatic rings. The molecule has 0 aromatic heterocycles. The molecule has 3 nitrogen and oxygen atoms in total. The fraction of sp³-hybridized carbons (Fsp3) is 0.538. The van der Waals surface area contributed by atoms with Crippen LogP contribution in [0.4, 0.5) is 13.2 Å². The summed E-state index contributed by atoms with van der Waals surface area (Å²) in [7, 11) is 0. The van der Waals surface area contributed by atoms with Gasteiger partial charge in [0.25, 0.3) is 0 Å². The van der Waals surface area contributed by atoms with E-state index < -0.39 is 29.0 Å². The molecular weight excluding hydrogens is 259 g/mol. The first-order valence-electron chi connectivity index (χ1n) is 6.10. The number of benzene rings is 1. The van der Waals surface area contributed by atoms with Gasteiger partial charge in [-0.1, -0.05) is 0 Å². The number of rotatable bonds is 3. The van der Waals surface area contributed by atoms with Gasteiger partial charge >= 0.3 is 0 Å². The Hall–Kier alpha value is -1.11.